The van der Waals surface area contributed by atoms with Crippen molar-refractivity contribution in [2.45, 2.75) is 37.8 Å². The first-order chi connectivity index (χ1) is 22.7. The van der Waals surface area contributed by atoms with E-state index in [1.165, 1.54) is 18.2 Å². The summed E-state index contributed by atoms with van der Waals surface area (Å²) in [6.45, 7) is 6.71. The minimum absolute atomic E-state index is 0.0679. The number of carbonyl (C=O) groups is 3. The number of ether oxygens (including phenoxy) is 2. The van der Waals surface area contributed by atoms with Crippen molar-refractivity contribution >= 4 is 67.5 Å². The molecule has 4 aromatic rings. The molecule has 13 heteroatoms. The Hall–Kier alpha value is -4.16. The third-order valence-corrected chi connectivity index (χ3v) is 9.66. The second-order valence-electron chi connectivity index (χ2n) is 12.2. The molecule has 0 radical (unpaired) electrons. The zero-order valence-corrected chi connectivity index (χ0v) is 29.0. The van der Waals surface area contributed by atoms with Gasteiger partial charge in [-0.05, 0) is 74.2 Å². The number of anilines is 1. The van der Waals surface area contributed by atoms with E-state index in [9.17, 15) is 22.8 Å². The first kappa shape index (κ1) is 35.2. The molecule has 5 rings (SSSR count). The van der Waals surface area contributed by atoms with Gasteiger partial charge in [-0.1, -0.05) is 59.6 Å². The van der Waals surface area contributed by atoms with Crippen LogP contribution in [-0.2, 0) is 30.8 Å². The molecule has 0 bridgehead atoms. The maximum atomic E-state index is 14.1. The highest BCUT2D eigenvalue weighted by Crippen LogP contribution is 2.34. The summed E-state index contributed by atoms with van der Waals surface area (Å²) >= 11 is 12.3. The summed E-state index contributed by atoms with van der Waals surface area (Å²) in [5.41, 5.74) is 0.935. The van der Waals surface area contributed by atoms with Crippen molar-refractivity contribution in [2.75, 3.05) is 37.2 Å². The highest BCUT2D eigenvalue weighted by atomic mass is 35.5. The molecule has 0 aromatic heterocycles. The number of hydrogen-bond donors (Lipinski definition) is 1. The predicted octanol–water partition coefficient (Wildman–Crippen LogP) is 6.09. The molecule has 2 amide bonds. The second-order valence-corrected chi connectivity index (χ2v) is 14.9. The highest BCUT2D eigenvalue weighted by Gasteiger charge is 2.31. The Morgan fingerprint density at radius 1 is 0.896 bits per heavy atom. The van der Waals surface area contributed by atoms with Crippen molar-refractivity contribution in [2.24, 2.45) is 0 Å². The van der Waals surface area contributed by atoms with Crippen LogP contribution in [0, 0.1) is 0 Å². The van der Waals surface area contributed by atoms with Crippen LogP contribution in [0.25, 0.3) is 10.8 Å². The monoisotopic (exact) mass is 711 g/mol. The molecule has 252 valence electrons. The van der Waals surface area contributed by atoms with Crippen molar-refractivity contribution < 1.29 is 32.3 Å². The maximum Gasteiger partial charge on any atom is 0.327 e. The summed E-state index contributed by atoms with van der Waals surface area (Å²) in [7, 11) is -4.41. The van der Waals surface area contributed by atoms with Gasteiger partial charge in [0.15, 0.2) is 0 Å². The molecule has 0 atom stereocenters. The second kappa shape index (κ2) is 14.5. The summed E-state index contributed by atoms with van der Waals surface area (Å²) in [6, 6.07) is 20.8. The minimum Gasteiger partial charge on any atom is -0.459 e. The summed E-state index contributed by atoms with van der Waals surface area (Å²) < 4.78 is 40.0. The first-order valence-corrected chi connectivity index (χ1v) is 17.4. The van der Waals surface area contributed by atoms with Gasteiger partial charge in [-0.2, -0.15) is 0 Å². The fourth-order valence-electron chi connectivity index (χ4n) is 5.30. The van der Waals surface area contributed by atoms with Crippen molar-refractivity contribution in [3.8, 4) is 0 Å². The van der Waals surface area contributed by atoms with E-state index in [0.717, 1.165) is 9.87 Å². The first-order valence-electron chi connectivity index (χ1n) is 15.2. The summed E-state index contributed by atoms with van der Waals surface area (Å²) in [5.74, 6) is -1.24. The number of rotatable bonds is 9. The van der Waals surface area contributed by atoms with Crippen LogP contribution < -0.4 is 9.62 Å². The van der Waals surface area contributed by atoms with Crippen molar-refractivity contribution in [3.63, 3.8) is 0 Å². The number of halogens is 2. The van der Waals surface area contributed by atoms with Gasteiger partial charge in [0, 0.05) is 46.2 Å². The molecule has 1 N–H and O–H groups in total. The summed E-state index contributed by atoms with van der Waals surface area (Å²) in [4.78, 5) is 40.9. The zero-order chi connectivity index (χ0) is 34.6. The Bertz CT molecular complexity index is 1940. The third kappa shape index (κ3) is 8.27. The lowest BCUT2D eigenvalue weighted by Crippen LogP contribution is -2.40. The topological polar surface area (TPSA) is 122 Å². The predicted molar refractivity (Wildman–Crippen MR) is 185 cm³/mol. The SMILES string of the molecule is CC(C)(C)OC(=O)CN(c1cccc2c(C(=O)NCc3ccc(C(=O)N4CCOCC4)cc3)cccc12)S(=O)(=O)c1cc(Cl)cc(Cl)c1. The van der Waals surface area contributed by atoms with E-state index in [0.29, 0.717) is 48.2 Å². The number of nitrogens with zero attached hydrogens (tertiary/aromatic N) is 2. The molecule has 1 saturated heterocycles. The van der Waals surface area contributed by atoms with Gasteiger partial charge in [-0.15, -0.1) is 0 Å². The maximum absolute atomic E-state index is 14.1. The summed E-state index contributed by atoms with van der Waals surface area (Å²) in [6.07, 6.45) is 0. The van der Waals surface area contributed by atoms with Crippen LogP contribution in [0.2, 0.25) is 10.0 Å². The molecule has 1 fully saturated rings. The largest absolute Gasteiger partial charge is 0.459 e. The van der Waals surface area contributed by atoms with Crippen LogP contribution >= 0.6 is 23.2 Å². The average Bonchev–Trinajstić information content (AvgIpc) is 3.04. The Morgan fingerprint density at radius 2 is 1.52 bits per heavy atom. The van der Waals surface area contributed by atoms with Gasteiger partial charge in [0.2, 0.25) is 0 Å². The van der Waals surface area contributed by atoms with Crippen LogP contribution in [0.3, 0.4) is 0 Å². The average molecular weight is 713 g/mol. The van der Waals surface area contributed by atoms with Crippen molar-refractivity contribution in [1.82, 2.24) is 10.2 Å². The Labute approximate surface area is 289 Å². The Balaban J connectivity index is 1.43. The number of esters is 1. The molecule has 0 aliphatic carbocycles. The lowest BCUT2D eigenvalue weighted by atomic mass is 10.0. The van der Waals surface area contributed by atoms with E-state index in [-0.39, 0.29) is 33.1 Å². The van der Waals surface area contributed by atoms with E-state index in [1.807, 2.05) is 0 Å². The molecule has 0 spiro atoms. The number of hydrogen-bond acceptors (Lipinski definition) is 7. The lowest BCUT2D eigenvalue weighted by Gasteiger charge is -2.27. The number of morpholine rings is 1. The van der Waals surface area contributed by atoms with E-state index in [4.69, 9.17) is 32.7 Å². The lowest BCUT2D eigenvalue weighted by molar-refractivity contribution is -0.152. The van der Waals surface area contributed by atoms with Crippen LogP contribution in [0.5, 0.6) is 0 Å². The van der Waals surface area contributed by atoms with E-state index < -0.39 is 34.0 Å². The zero-order valence-electron chi connectivity index (χ0n) is 26.7. The summed E-state index contributed by atoms with van der Waals surface area (Å²) in [5, 5.41) is 4.00. The number of benzene rings is 4. The van der Waals surface area contributed by atoms with Crippen molar-refractivity contribution in [1.29, 1.82) is 0 Å². The number of amides is 2. The van der Waals surface area contributed by atoms with Crippen LogP contribution in [-0.4, -0.2) is 69.6 Å². The van der Waals surface area contributed by atoms with Crippen LogP contribution in [0.4, 0.5) is 5.69 Å². The molecule has 48 heavy (non-hydrogen) atoms. The Kier molecular flexibility index (Phi) is 10.6. The van der Waals surface area contributed by atoms with Gasteiger partial charge in [0.25, 0.3) is 21.8 Å². The van der Waals surface area contributed by atoms with Crippen LogP contribution in [0.1, 0.15) is 47.1 Å². The molecular weight excluding hydrogens is 677 g/mol. The number of nitrogens with one attached hydrogen (secondary N) is 1. The van der Waals surface area contributed by atoms with E-state index >= 15 is 0 Å². The number of fused-ring (bicyclic) bond motifs is 1. The molecule has 10 nitrogen and oxygen atoms in total. The molecule has 0 saturated carbocycles. The van der Waals surface area contributed by atoms with Gasteiger partial charge >= 0.3 is 5.97 Å². The molecule has 0 unspecified atom stereocenters. The van der Waals surface area contributed by atoms with E-state index in [1.54, 1.807) is 86.3 Å². The quantitative estimate of drug-likeness (QED) is 0.209. The molecule has 1 aliphatic rings. The van der Waals surface area contributed by atoms with Gasteiger partial charge in [-0.25, -0.2) is 8.42 Å². The van der Waals surface area contributed by atoms with E-state index in [2.05, 4.69) is 5.32 Å². The normalized spacial score (nSPS) is 13.6. The fourth-order valence-corrected chi connectivity index (χ4v) is 7.45. The van der Waals surface area contributed by atoms with Crippen LogP contribution in [0.15, 0.2) is 83.8 Å². The number of sulfonamides is 1. The van der Waals surface area contributed by atoms with Gasteiger partial charge in [-0.3, -0.25) is 18.7 Å². The molecule has 1 heterocycles. The van der Waals surface area contributed by atoms with Gasteiger partial charge < -0.3 is 19.7 Å². The van der Waals surface area contributed by atoms with Gasteiger partial charge in [0.05, 0.1) is 23.8 Å². The molecule has 4 aromatic carbocycles. The standard InChI is InChI=1S/C35H35Cl2N3O7S/c1-35(2,3)47-32(41)22-40(48(44,45)27-19-25(36)18-26(37)20-27)31-9-5-6-28-29(31)7-4-8-30(28)33(42)38-21-23-10-12-24(13-11-23)34(43)39-14-16-46-17-15-39/h4-13,18-20H,14-17,21-22H2,1-3H3,(H,38,42). The molecular formula is C35H35Cl2N3O7S. The number of carbonyl (C=O) groups excluding carboxylic acids is 3. The minimum atomic E-state index is -4.41. The smallest absolute Gasteiger partial charge is 0.327 e. The highest BCUT2D eigenvalue weighted by molar-refractivity contribution is 7.93. The Morgan fingerprint density at radius 3 is 2.17 bits per heavy atom. The molecule has 1 aliphatic heterocycles. The van der Waals surface area contributed by atoms with Crippen molar-refractivity contribution in [3.05, 3.63) is 106 Å². The van der Waals surface area contributed by atoms with Gasteiger partial charge in [0.1, 0.15) is 12.1 Å². The third-order valence-electron chi connectivity index (χ3n) is 7.48. The fraction of sp³-hybridized carbons (Fsp3) is 0.286.